The molecular formula is C12H21N. The molecule has 2 N–H and O–H groups in total. The average molecular weight is 179 g/mol. The van der Waals surface area contributed by atoms with Gasteiger partial charge in [0.05, 0.1) is 0 Å². The number of rotatable bonds is 1. The quantitative estimate of drug-likeness (QED) is 0.657. The summed E-state index contributed by atoms with van der Waals surface area (Å²) in [6.07, 6.45) is 9.14. The fourth-order valence-electron chi connectivity index (χ4n) is 4.55. The Labute approximate surface area is 81.1 Å². The summed E-state index contributed by atoms with van der Waals surface area (Å²) in [6, 6.07) is 0. The van der Waals surface area contributed by atoms with Gasteiger partial charge in [-0.1, -0.05) is 6.42 Å². The topological polar surface area (TPSA) is 26.0 Å². The van der Waals surface area contributed by atoms with Gasteiger partial charge < -0.3 is 5.73 Å². The molecule has 3 bridgehead atoms. The van der Waals surface area contributed by atoms with Crippen LogP contribution in [0, 0.1) is 29.6 Å². The van der Waals surface area contributed by atoms with E-state index < -0.39 is 0 Å². The molecule has 5 unspecified atom stereocenters. The summed E-state index contributed by atoms with van der Waals surface area (Å²) in [5.74, 6) is 5.18. The molecule has 74 valence electrons. The van der Waals surface area contributed by atoms with Crippen molar-refractivity contribution in [1.82, 2.24) is 0 Å². The summed E-state index contributed by atoms with van der Waals surface area (Å²) in [5, 5.41) is 0. The van der Waals surface area contributed by atoms with Crippen molar-refractivity contribution in [3.63, 3.8) is 0 Å². The zero-order chi connectivity index (χ0) is 8.84. The Bertz CT molecular complexity index is 193. The van der Waals surface area contributed by atoms with Crippen molar-refractivity contribution < 1.29 is 0 Å². The summed E-state index contributed by atoms with van der Waals surface area (Å²) in [6.45, 7) is 0.961. The van der Waals surface area contributed by atoms with E-state index in [1.54, 1.807) is 19.3 Å². The lowest BCUT2D eigenvalue weighted by atomic mass is 9.54. The maximum Gasteiger partial charge on any atom is -0.00460 e. The molecule has 0 radical (unpaired) electrons. The van der Waals surface area contributed by atoms with Crippen LogP contribution in [-0.2, 0) is 0 Å². The van der Waals surface area contributed by atoms with Crippen molar-refractivity contribution in [3.05, 3.63) is 0 Å². The predicted octanol–water partition coefficient (Wildman–Crippen LogP) is 2.41. The van der Waals surface area contributed by atoms with Gasteiger partial charge in [0.1, 0.15) is 0 Å². The second-order valence-electron chi connectivity index (χ2n) is 5.67. The first-order valence-electron chi connectivity index (χ1n) is 6.07. The summed E-state index contributed by atoms with van der Waals surface area (Å²) in [4.78, 5) is 0. The largest absolute Gasteiger partial charge is 0.330 e. The van der Waals surface area contributed by atoms with E-state index in [0.717, 1.165) is 36.1 Å². The Hall–Kier alpha value is -0.0400. The molecule has 1 heteroatoms. The van der Waals surface area contributed by atoms with Crippen LogP contribution in [0.4, 0.5) is 0 Å². The van der Waals surface area contributed by atoms with Gasteiger partial charge in [-0.05, 0) is 68.2 Å². The maximum atomic E-state index is 5.89. The van der Waals surface area contributed by atoms with Crippen molar-refractivity contribution in [2.45, 2.75) is 38.5 Å². The number of hydrogen-bond acceptors (Lipinski definition) is 1. The van der Waals surface area contributed by atoms with E-state index in [2.05, 4.69) is 0 Å². The fourth-order valence-corrected chi connectivity index (χ4v) is 4.55. The third-order valence-corrected chi connectivity index (χ3v) is 5.00. The molecule has 0 spiro atoms. The second-order valence-corrected chi connectivity index (χ2v) is 5.67. The van der Waals surface area contributed by atoms with Crippen molar-refractivity contribution in [2.24, 2.45) is 35.3 Å². The highest BCUT2D eigenvalue weighted by Gasteiger charge is 2.44. The molecule has 0 aromatic heterocycles. The monoisotopic (exact) mass is 179 g/mol. The molecule has 5 atom stereocenters. The molecule has 0 amide bonds. The lowest BCUT2D eigenvalue weighted by molar-refractivity contribution is -0.00757. The van der Waals surface area contributed by atoms with Crippen LogP contribution in [-0.4, -0.2) is 6.54 Å². The van der Waals surface area contributed by atoms with E-state index in [4.69, 9.17) is 5.73 Å². The van der Waals surface area contributed by atoms with E-state index in [1.807, 2.05) is 0 Å². The second kappa shape index (κ2) is 2.98. The number of nitrogens with two attached hydrogens (primary N) is 1. The highest BCUT2D eigenvalue weighted by Crippen LogP contribution is 2.54. The minimum absolute atomic E-state index is 0.894. The maximum absolute atomic E-state index is 5.89. The third-order valence-electron chi connectivity index (χ3n) is 5.00. The highest BCUT2D eigenvalue weighted by molar-refractivity contribution is 4.95. The third kappa shape index (κ3) is 1.24. The van der Waals surface area contributed by atoms with E-state index in [1.165, 1.54) is 19.3 Å². The molecule has 0 aromatic rings. The van der Waals surface area contributed by atoms with Gasteiger partial charge >= 0.3 is 0 Å². The first-order chi connectivity index (χ1) is 6.36. The van der Waals surface area contributed by atoms with Crippen LogP contribution in [0.2, 0.25) is 0 Å². The van der Waals surface area contributed by atoms with Gasteiger partial charge in [-0.3, -0.25) is 0 Å². The standard InChI is InChI=1S/C12H21N/c13-7-11-6-9-3-8-1-2-12(11)10(4-8)5-9/h8-12H,1-7,13H2. The Kier molecular flexibility index (Phi) is 1.90. The van der Waals surface area contributed by atoms with Crippen molar-refractivity contribution in [2.75, 3.05) is 6.54 Å². The van der Waals surface area contributed by atoms with Gasteiger partial charge in [-0.15, -0.1) is 0 Å². The molecule has 3 aliphatic rings. The molecule has 0 heterocycles. The van der Waals surface area contributed by atoms with Crippen LogP contribution in [0.5, 0.6) is 0 Å². The minimum atomic E-state index is 0.894. The summed E-state index contributed by atoms with van der Waals surface area (Å²) >= 11 is 0. The van der Waals surface area contributed by atoms with Gasteiger partial charge in [-0.2, -0.15) is 0 Å². The molecule has 0 saturated heterocycles. The lowest BCUT2D eigenvalue weighted by Crippen LogP contribution is -2.44. The molecule has 0 aliphatic heterocycles. The van der Waals surface area contributed by atoms with E-state index in [0.29, 0.717) is 0 Å². The highest BCUT2D eigenvalue weighted by atomic mass is 14.6. The average Bonchev–Trinajstić information content (AvgIpc) is 2.13. The smallest absolute Gasteiger partial charge is 0.00460 e. The number of hydrogen-bond donors (Lipinski definition) is 1. The van der Waals surface area contributed by atoms with Crippen molar-refractivity contribution >= 4 is 0 Å². The first-order valence-corrected chi connectivity index (χ1v) is 6.07. The molecule has 13 heavy (non-hydrogen) atoms. The summed E-state index contributed by atoms with van der Waals surface area (Å²) in [5.41, 5.74) is 5.89. The van der Waals surface area contributed by atoms with Crippen LogP contribution in [0.3, 0.4) is 0 Å². The lowest BCUT2D eigenvalue weighted by Gasteiger charge is -2.51. The Morgan fingerprint density at radius 3 is 2.62 bits per heavy atom. The van der Waals surface area contributed by atoms with Crippen molar-refractivity contribution in [1.29, 1.82) is 0 Å². The predicted molar refractivity (Wildman–Crippen MR) is 54.2 cm³/mol. The minimum Gasteiger partial charge on any atom is -0.330 e. The number of fused-ring (bicyclic) bond motifs is 2. The Morgan fingerprint density at radius 1 is 0.923 bits per heavy atom. The molecule has 1 nitrogen and oxygen atoms in total. The normalized spacial score (nSPS) is 53.8. The fraction of sp³-hybridized carbons (Fsp3) is 1.00. The molecule has 3 aliphatic carbocycles. The van der Waals surface area contributed by atoms with Gasteiger partial charge in [0.25, 0.3) is 0 Å². The van der Waals surface area contributed by atoms with Gasteiger partial charge in [-0.25, -0.2) is 0 Å². The molecular weight excluding hydrogens is 158 g/mol. The van der Waals surface area contributed by atoms with Gasteiger partial charge in [0, 0.05) is 0 Å². The molecule has 3 saturated carbocycles. The van der Waals surface area contributed by atoms with Crippen LogP contribution in [0.25, 0.3) is 0 Å². The summed E-state index contributed by atoms with van der Waals surface area (Å²) in [7, 11) is 0. The SMILES string of the molecule is NCC1CC2CC3CCC1C(C3)C2. The van der Waals surface area contributed by atoms with E-state index in [9.17, 15) is 0 Å². The zero-order valence-corrected chi connectivity index (χ0v) is 8.41. The van der Waals surface area contributed by atoms with Crippen LogP contribution >= 0.6 is 0 Å². The van der Waals surface area contributed by atoms with E-state index >= 15 is 0 Å². The zero-order valence-electron chi connectivity index (χ0n) is 8.41. The molecule has 3 rings (SSSR count). The van der Waals surface area contributed by atoms with Crippen LogP contribution in [0.1, 0.15) is 38.5 Å². The summed E-state index contributed by atoms with van der Waals surface area (Å²) < 4.78 is 0. The van der Waals surface area contributed by atoms with E-state index in [-0.39, 0.29) is 0 Å². The van der Waals surface area contributed by atoms with Crippen molar-refractivity contribution in [3.8, 4) is 0 Å². The van der Waals surface area contributed by atoms with Gasteiger partial charge in [0.15, 0.2) is 0 Å². The molecule has 3 fully saturated rings. The first kappa shape index (κ1) is 8.28. The van der Waals surface area contributed by atoms with Gasteiger partial charge in [0.2, 0.25) is 0 Å². The molecule has 0 aromatic carbocycles. The van der Waals surface area contributed by atoms with Crippen LogP contribution < -0.4 is 5.73 Å². The Morgan fingerprint density at radius 2 is 1.77 bits per heavy atom. The Balaban J connectivity index is 1.85. The van der Waals surface area contributed by atoms with Crippen LogP contribution in [0.15, 0.2) is 0 Å².